The van der Waals surface area contributed by atoms with Crippen molar-refractivity contribution in [3.8, 4) is 0 Å². The quantitative estimate of drug-likeness (QED) is 0.714. The number of nitrogens with two attached hydrogens (primary N) is 1. The Labute approximate surface area is 81.9 Å². The number of hydrogen-bond acceptors (Lipinski definition) is 2. The molecule has 0 aliphatic carbocycles. The lowest BCUT2D eigenvalue weighted by Crippen LogP contribution is -2.17. The summed E-state index contributed by atoms with van der Waals surface area (Å²) < 4.78 is 0. The fourth-order valence-electron chi connectivity index (χ4n) is 1.16. The molecule has 2 N–H and O–H groups in total. The average molecular weight is 185 g/mol. The standard InChI is InChI=1S/C11H23NO/c1-9(6-8-12)10(13)5-7-11(2,3)4/h9H,5-8,12H2,1-4H3. The van der Waals surface area contributed by atoms with E-state index in [1.807, 2.05) is 6.92 Å². The van der Waals surface area contributed by atoms with Crippen LogP contribution >= 0.6 is 0 Å². The molecule has 78 valence electrons. The summed E-state index contributed by atoms with van der Waals surface area (Å²) in [5.74, 6) is 0.507. The SMILES string of the molecule is CC(CCN)C(=O)CCC(C)(C)C. The van der Waals surface area contributed by atoms with Crippen molar-refractivity contribution in [2.24, 2.45) is 17.1 Å². The monoisotopic (exact) mass is 185 g/mol. The molecule has 0 fully saturated rings. The number of rotatable bonds is 5. The van der Waals surface area contributed by atoms with E-state index in [9.17, 15) is 4.79 Å². The molecule has 0 aromatic heterocycles. The molecule has 2 heteroatoms. The van der Waals surface area contributed by atoms with Crippen LogP contribution in [0.1, 0.15) is 47.0 Å². The Balaban J connectivity index is 3.74. The van der Waals surface area contributed by atoms with E-state index >= 15 is 0 Å². The third-order valence-corrected chi connectivity index (χ3v) is 2.27. The van der Waals surface area contributed by atoms with Crippen molar-refractivity contribution in [1.29, 1.82) is 0 Å². The van der Waals surface area contributed by atoms with Gasteiger partial charge in [-0.3, -0.25) is 4.79 Å². The zero-order valence-electron chi connectivity index (χ0n) is 9.39. The first-order chi connectivity index (χ1) is 5.87. The van der Waals surface area contributed by atoms with Crippen molar-refractivity contribution >= 4 is 5.78 Å². The third-order valence-electron chi connectivity index (χ3n) is 2.27. The molecule has 13 heavy (non-hydrogen) atoms. The van der Waals surface area contributed by atoms with Gasteiger partial charge in [0.05, 0.1) is 0 Å². The van der Waals surface area contributed by atoms with Crippen molar-refractivity contribution in [2.45, 2.75) is 47.0 Å². The molecule has 0 aliphatic rings. The molecule has 1 atom stereocenters. The average Bonchev–Trinajstić information content (AvgIpc) is 1.99. The van der Waals surface area contributed by atoms with Crippen molar-refractivity contribution in [3.05, 3.63) is 0 Å². The van der Waals surface area contributed by atoms with E-state index < -0.39 is 0 Å². The topological polar surface area (TPSA) is 43.1 Å². The molecule has 0 radical (unpaired) electrons. The minimum atomic E-state index is 0.146. The zero-order valence-corrected chi connectivity index (χ0v) is 9.39. The first kappa shape index (κ1) is 12.6. The zero-order chi connectivity index (χ0) is 10.5. The molecule has 2 nitrogen and oxygen atoms in total. The number of Topliss-reactive ketones (excluding diaryl/α,β-unsaturated/α-hetero) is 1. The van der Waals surface area contributed by atoms with E-state index in [1.54, 1.807) is 0 Å². The van der Waals surface area contributed by atoms with Crippen molar-refractivity contribution in [1.82, 2.24) is 0 Å². The van der Waals surface area contributed by atoms with Crippen molar-refractivity contribution in [2.75, 3.05) is 6.54 Å². The fourth-order valence-corrected chi connectivity index (χ4v) is 1.16. The first-order valence-corrected chi connectivity index (χ1v) is 5.09. The lowest BCUT2D eigenvalue weighted by molar-refractivity contribution is -0.123. The predicted molar refractivity (Wildman–Crippen MR) is 56.5 cm³/mol. The molecule has 1 unspecified atom stereocenters. The van der Waals surface area contributed by atoms with E-state index in [0.29, 0.717) is 18.7 Å². The van der Waals surface area contributed by atoms with E-state index in [1.165, 1.54) is 0 Å². The van der Waals surface area contributed by atoms with E-state index in [-0.39, 0.29) is 11.3 Å². The molecule has 0 spiro atoms. The summed E-state index contributed by atoms with van der Waals surface area (Å²) in [4.78, 5) is 11.5. The summed E-state index contributed by atoms with van der Waals surface area (Å²) in [6.45, 7) is 9.07. The Bertz CT molecular complexity index is 158. The molecule has 0 saturated heterocycles. The maximum Gasteiger partial charge on any atom is 0.135 e. The highest BCUT2D eigenvalue weighted by Gasteiger charge is 2.16. The maximum absolute atomic E-state index is 11.5. The molecule has 0 aliphatic heterocycles. The third kappa shape index (κ3) is 6.76. The summed E-state index contributed by atoms with van der Waals surface area (Å²) in [6, 6.07) is 0. The Kier molecular flexibility index (Phi) is 5.23. The van der Waals surface area contributed by atoms with Gasteiger partial charge in [-0.25, -0.2) is 0 Å². The van der Waals surface area contributed by atoms with Gasteiger partial charge in [0.25, 0.3) is 0 Å². The van der Waals surface area contributed by atoms with E-state index in [2.05, 4.69) is 20.8 Å². The van der Waals surface area contributed by atoms with Gasteiger partial charge in [-0.1, -0.05) is 27.7 Å². The van der Waals surface area contributed by atoms with Crippen LogP contribution in [0.25, 0.3) is 0 Å². The Morgan fingerprint density at radius 3 is 2.31 bits per heavy atom. The second-order valence-corrected chi connectivity index (χ2v) is 5.01. The largest absolute Gasteiger partial charge is 0.330 e. The normalized spacial score (nSPS) is 14.2. The number of carbonyl (C=O) groups is 1. The molecule has 0 saturated carbocycles. The predicted octanol–water partition coefficient (Wildman–Crippen LogP) is 2.37. The summed E-state index contributed by atoms with van der Waals surface area (Å²) in [5.41, 5.74) is 5.66. The maximum atomic E-state index is 11.5. The summed E-state index contributed by atoms with van der Waals surface area (Å²) in [5, 5.41) is 0. The molecule has 0 heterocycles. The van der Waals surface area contributed by atoms with Crippen LogP contribution in [-0.4, -0.2) is 12.3 Å². The molecular weight excluding hydrogens is 162 g/mol. The van der Waals surface area contributed by atoms with Crippen molar-refractivity contribution in [3.63, 3.8) is 0 Å². The summed E-state index contributed by atoms with van der Waals surface area (Å²) in [7, 11) is 0. The fraction of sp³-hybridized carbons (Fsp3) is 0.909. The highest BCUT2D eigenvalue weighted by atomic mass is 16.1. The van der Waals surface area contributed by atoms with Crippen molar-refractivity contribution < 1.29 is 4.79 Å². The van der Waals surface area contributed by atoms with Crippen LogP contribution < -0.4 is 5.73 Å². The molecule has 0 amide bonds. The van der Waals surface area contributed by atoms with Gasteiger partial charge in [0.1, 0.15) is 5.78 Å². The summed E-state index contributed by atoms with van der Waals surface area (Å²) in [6.07, 6.45) is 2.49. The number of hydrogen-bond donors (Lipinski definition) is 1. The molecule has 0 aromatic rings. The number of carbonyl (C=O) groups excluding carboxylic acids is 1. The van der Waals surface area contributed by atoms with E-state index in [0.717, 1.165) is 12.8 Å². The van der Waals surface area contributed by atoms with Gasteiger partial charge in [-0.2, -0.15) is 0 Å². The van der Waals surface area contributed by atoms with Crippen LogP contribution in [0, 0.1) is 11.3 Å². The van der Waals surface area contributed by atoms with Gasteiger partial charge in [-0.15, -0.1) is 0 Å². The summed E-state index contributed by atoms with van der Waals surface area (Å²) >= 11 is 0. The second-order valence-electron chi connectivity index (χ2n) is 5.01. The van der Waals surface area contributed by atoms with E-state index in [4.69, 9.17) is 5.73 Å². The highest BCUT2D eigenvalue weighted by molar-refractivity contribution is 5.80. The van der Waals surface area contributed by atoms with Gasteiger partial charge in [0.15, 0.2) is 0 Å². The first-order valence-electron chi connectivity index (χ1n) is 5.09. The minimum absolute atomic E-state index is 0.146. The lowest BCUT2D eigenvalue weighted by atomic mass is 9.87. The van der Waals surface area contributed by atoms with Crippen LogP contribution in [0.5, 0.6) is 0 Å². The van der Waals surface area contributed by atoms with Crippen LogP contribution in [0.15, 0.2) is 0 Å². The van der Waals surface area contributed by atoms with Gasteiger partial charge >= 0.3 is 0 Å². The van der Waals surface area contributed by atoms with Crippen LogP contribution in [0.3, 0.4) is 0 Å². The van der Waals surface area contributed by atoms with Crippen LogP contribution in [-0.2, 0) is 4.79 Å². The Morgan fingerprint density at radius 2 is 1.92 bits per heavy atom. The lowest BCUT2D eigenvalue weighted by Gasteiger charge is -2.18. The number of ketones is 1. The molecule has 0 rings (SSSR count). The van der Waals surface area contributed by atoms with Gasteiger partial charge in [-0.05, 0) is 24.8 Å². The molecule has 0 aromatic carbocycles. The molecule has 0 bridgehead atoms. The minimum Gasteiger partial charge on any atom is -0.330 e. The second kappa shape index (κ2) is 5.38. The van der Waals surface area contributed by atoms with Crippen LogP contribution in [0.2, 0.25) is 0 Å². The van der Waals surface area contributed by atoms with Gasteiger partial charge < -0.3 is 5.73 Å². The van der Waals surface area contributed by atoms with Gasteiger partial charge in [0, 0.05) is 12.3 Å². The Morgan fingerprint density at radius 1 is 1.38 bits per heavy atom. The Hall–Kier alpha value is -0.370. The van der Waals surface area contributed by atoms with Gasteiger partial charge in [0.2, 0.25) is 0 Å². The molecular formula is C11H23NO. The highest BCUT2D eigenvalue weighted by Crippen LogP contribution is 2.22. The van der Waals surface area contributed by atoms with Crippen LogP contribution in [0.4, 0.5) is 0 Å². The smallest absolute Gasteiger partial charge is 0.135 e.